The number of amides is 1. The van der Waals surface area contributed by atoms with Crippen LogP contribution in [0.4, 0.5) is 0 Å². The van der Waals surface area contributed by atoms with Gasteiger partial charge in [0.25, 0.3) is 5.91 Å². The second-order valence-electron chi connectivity index (χ2n) is 4.23. The van der Waals surface area contributed by atoms with E-state index in [1.165, 1.54) is 30.2 Å². The number of hydrogen-bond acceptors (Lipinski definition) is 5. The van der Waals surface area contributed by atoms with Crippen LogP contribution in [0.15, 0.2) is 18.2 Å². The van der Waals surface area contributed by atoms with Gasteiger partial charge in [0, 0.05) is 18.7 Å². The molecular weight excluding hydrogens is 238 g/mol. The zero-order valence-electron chi connectivity index (χ0n) is 9.91. The Kier molecular flexibility index (Phi) is 3.40. The number of methoxy groups -OCH3 is 1. The minimum atomic E-state index is -0.916. The summed E-state index contributed by atoms with van der Waals surface area (Å²) in [4.78, 5) is 13.4. The maximum absolute atomic E-state index is 12.0. The highest BCUT2D eigenvalue weighted by molar-refractivity contribution is 5.95. The van der Waals surface area contributed by atoms with Crippen molar-refractivity contribution in [3.8, 4) is 11.5 Å². The number of carbonyl (C=O) groups is 1. The van der Waals surface area contributed by atoms with E-state index in [-0.39, 0.29) is 36.1 Å². The number of likely N-dealkylation sites (tertiary alicyclic amines) is 1. The van der Waals surface area contributed by atoms with Crippen molar-refractivity contribution in [3.63, 3.8) is 0 Å². The molecular formula is C12H15NO5. The lowest BCUT2D eigenvalue weighted by atomic mass is 10.2. The molecule has 6 heteroatoms. The first-order valence-corrected chi connectivity index (χ1v) is 5.55. The van der Waals surface area contributed by atoms with Crippen molar-refractivity contribution in [1.82, 2.24) is 4.90 Å². The van der Waals surface area contributed by atoms with Crippen molar-refractivity contribution < 1.29 is 24.9 Å². The summed E-state index contributed by atoms with van der Waals surface area (Å²) in [6.07, 6.45) is -1.83. The van der Waals surface area contributed by atoms with Crippen molar-refractivity contribution >= 4 is 5.91 Å². The summed E-state index contributed by atoms with van der Waals surface area (Å²) in [6, 6.07) is 4.32. The summed E-state index contributed by atoms with van der Waals surface area (Å²) in [5.41, 5.74) is 0.287. The van der Waals surface area contributed by atoms with Crippen LogP contribution in [0.5, 0.6) is 11.5 Å². The first-order valence-electron chi connectivity index (χ1n) is 5.55. The molecule has 18 heavy (non-hydrogen) atoms. The highest BCUT2D eigenvalue weighted by Gasteiger charge is 2.33. The number of phenolic OH excluding ortho intramolecular Hbond substituents is 1. The molecule has 0 spiro atoms. The maximum atomic E-state index is 12.0. The summed E-state index contributed by atoms with van der Waals surface area (Å²) in [5.74, 6) is -0.180. The Bertz CT molecular complexity index is 452. The molecule has 0 radical (unpaired) electrons. The van der Waals surface area contributed by atoms with Crippen LogP contribution in [-0.2, 0) is 0 Å². The quantitative estimate of drug-likeness (QED) is 0.666. The largest absolute Gasteiger partial charge is 0.504 e. The molecule has 1 amide bonds. The predicted octanol–water partition coefficient (Wildman–Crippen LogP) is -0.422. The van der Waals surface area contributed by atoms with Crippen molar-refractivity contribution in [2.45, 2.75) is 12.2 Å². The average Bonchev–Trinajstić information content (AvgIpc) is 2.68. The number of ether oxygens (including phenoxy) is 1. The van der Waals surface area contributed by atoms with Gasteiger partial charge in [-0.2, -0.15) is 0 Å². The molecule has 0 bridgehead atoms. The molecule has 1 saturated heterocycles. The summed E-state index contributed by atoms with van der Waals surface area (Å²) in [7, 11) is 1.42. The Morgan fingerprint density at radius 3 is 2.44 bits per heavy atom. The van der Waals surface area contributed by atoms with Gasteiger partial charge in [0.05, 0.1) is 19.3 Å². The van der Waals surface area contributed by atoms with Gasteiger partial charge < -0.3 is 25.0 Å². The second-order valence-corrected chi connectivity index (χ2v) is 4.23. The third-order valence-corrected chi connectivity index (χ3v) is 2.97. The summed E-state index contributed by atoms with van der Waals surface area (Å²) < 4.78 is 4.88. The van der Waals surface area contributed by atoms with E-state index in [4.69, 9.17) is 4.74 Å². The molecule has 0 aromatic heterocycles. The van der Waals surface area contributed by atoms with Crippen LogP contribution in [0, 0.1) is 0 Å². The highest BCUT2D eigenvalue weighted by Crippen LogP contribution is 2.27. The minimum absolute atomic E-state index is 0.0901. The predicted molar refractivity (Wildman–Crippen MR) is 62.6 cm³/mol. The zero-order chi connectivity index (χ0) is 13.3. The van der Waals surface area contributed by atoms with E-state index >= 15 is 0 Å². The molecule has 1 aromatic carbocycles. The molecule has 0 aliphatic carbocycles. The number of aliphatic hydroxyl groups excluding tert-OH is 2. The lowest BCUT2D eigenvalue weighted by molar-refractivity contribution is 0.0572. The van der Waals surface area contributed by atoms with Crippen LogP contribution < -0.4 is 4.74 Å². The number of phenols is 1. The van der Waals surface area contributed by atoms with E-state index in [0.717, 1.165) is 0 Å². The van der Waals surface area contributed by atoms with E-state index in [1.807, 2.05) is 0 Å². The fraction of sp³-hybridized carbons (Fsp3) is 0.417. The lowest BCUT2D eigenvalue weighted by Crippen LogP contribution is -2.29. The minimum Gasteiger partial charge on any atom is -0.504 e. The number of nitrogens with zero attached hydrogens (tertiary/aromatic N) is 1. The van der Waals surface area contributed by atoms with Crippen LogP contribution in [0.3, 0.4) is 0 Å². The van der Waals surface area contributed by atoms with E-state index in [0.29, 0.717) is 0 Å². The molecule has 0 saturated carbocycles. The molecule has 2 atom stereocenters. The highest BCUT2D eigenvalue weighted by atomic mass is 16.5. The Morgan fingerprint density at radius 1 is 1.33 bits per heavy atom. The summed E-state index contributed by atoms with van der Waals surface area (Å²) in [6.45, 7) is 0.180. The molecule has 3 N–H and O–H groups in total. The van der Waals surface area contributed by atoms with Crippen LogP contribution in [0.25, 0.3) is 0 Å². The van der Waals surface area contributed by atoms with E-state index in [2.05, 4.69) is 0 Å². The molecule has 2 unspecified atom stereocenters. The van der Waals surface area contributed by atoms with Crippen molar-refractivity contribution in [2.75, 3.05) is 20.2 Å². The fourth-order valence-corrected chi connectivity index (χ4v) is 1.94. The molecule has 2 rings (SSSR count). The number of aliphatic hydroxyl groups is 2. The van der Waals surface area contributed by atoms with E-state index in [1.54, 1.807) is 0 Å². The van der Waals surface area contributed by atoms with Gasteiger partial charge in [-0.15, -0.1) is 0 Å². The number of benzene rings is 1. The smallest absolute Gasteiger partial charge is 0.254 e. The van der Waals surface area contributed by atoms with Gasteiger partial charge in [0.15, 0.2) is 11.5 Å². The fourth-order valence-electron chi connectivity index (χ4n) is 1.94. The Labute approximate surface area is 104 Å². The van der Waals surface area contributed by atoms with Gasteiger partial charge in [-0.05, 0) is 18.2 Å². The third kappa shape index (κ3) is 2.25. The maximum Gasteiger partial charge on any atom is 0.254 e. The summed E-state index contributed by atoms with van der Waals surface area (Å²) >= 11 is 0. The second kappa shape index (κ2) is 4.83. The van der Waals surface area contributed by atoms with Gasteiger partial charge in [-0.1, -0.05) is 0 Å². The Balaban J connectivity index is 2.17. The molecule has 1 aromatic rings. The Hall–Kier alpha value is -1.79. The number of aromatic hydroxyl groups is 1. The molecule has 1 fully saturated rings. The molecule has 1 aliphatic rings. The van der Waals surface area contributed by atoms with Crippen molar-refractivity contribution in [3.05, 3.63) is 23.8 Å². The number of rotatable bonds is 2. The van der Waals surface area contributed by atoms with Crippen molar-refractivity contribution in [2.24, 2.45) is 0 Å². The standard InChI is InChI=1S/C12H15NO5/c1-18-11-3-2-7(4-8(11)14)12(17)13-5-9(15)10(16)6-13/h2-4,9-10,14-16H,5-6H2,1H3. The molecule has 6 nitrogen and oxygen atoms in total. The monoisotopic (exact) mass is 253 g/mol. The van der Waals surface area contributed by atoms with Gasteiger partial charge in [0.2, 0.25) is 0 Å². The van der Waals surface area contributed by atoms with E-state index in [9.17, 15) is 20.1 Å². The van der Waals surface area contributed by atoms with Crippen LogP contribution in [0.2, 0.25) is 0 Å². The third-order valence-electron chi connectivity index (χ3n) is 2.97. The number of carbonyl (C=O) groups excluding carboxylic acids is 1. The first-order chi connectivity index (χ1) is 8.52. The first kappa shape index (κ1) is 12.7. The van der Waals surface area contributed by atoms with Crippen LogP contribution in [0.1, 0.15) is 10.4 Å². The van der Waals surface area contributed by atoms with E-state index < -0.39 is 12.2 Å². The summed E-state index contributed by atoms with van der Waals surface area (Å²) in [5, 5.41) is 28.4. The van der Waals surface area contributed by atoms with Crippen molar-refractivity contribution in [1.29, 1.82) is 0 Å². The van der Waals surface area contributed by atoms with Crippen LogP contribution in [-0.4, -0.2) is 58.5 Å². The molecule has 98 valence electrons. The SMILES string of the molecule is COc1ccc(C(=O)N2CC(O)C(O)C2)cc1O. The molecule has 1 heterocycles. The number of hydrogen-bond donors (Lipinski definition) is 3. The lowest BCUT2D eigenvalue weighted by Gasteiger charge is -2.15. The topological polar surface area (TPSA) is 90.2 Å². The zero-order valence-corrected chi connectivity index (χ0v) is 9.91. The van der Waals surface area contributed by atoms with Gasteiger partial charge in [0.1, 0.15) is 0 Å². The van der Waals surface area contributed by atoms with Gasteiger partial charge in [-0.3, -0.25) is 4.79 Å². The van der Waals surface area contributed by atoms with Gasteiger partial charge >= 0.3 is 0 Å². The average molecular weight is 253 g/mol. The van der Waals surface area contributed by atoms with Gasteiger partial charge in [-0.25, -0.2) is 0 Å². The molecule has 1 aliphatic heterocycles. The Morgan fingerprint density at radius 2 is 1.94 bits per heavy atom. The number of β-amino-alcohol motifs (C(OH)–C–C–N with tert-alkyl or cyclic N) is 2. The van der Waals surface area contributed by atoms with Crippen LogP contribution >= 0.6 is 0 Å². The normalized spacial score (nSPS) is 23.2.